The lowest BCUT2D eigenvalue weighted by molar-refractivity contribution is 0.102. The summed E-state index contributed by atoms with van der Waals surface area (Å²) >= 11 is 0. The lowest BCUT2D eigenvalue weighted by Gasteiger charge is -2.10. The molecule has 0 saturated heterocycles. The summed E-state index contributed by atoms with van der Waals surface area (Å²) in [6.45, 7) is 0. The van der Waals surface area contributed by atoms with Gasteiger partial charge in [-0.1, -0.05) is 42.5 Å². The zero-order chi connectivity index (χ0) is 16.9. The van der Waals surface area contributed by atoms with E-state index in [4.69, 9.17) is 0 Å². The Morgan fingerprint density at radius 2 is 1.46 bits per heavy atom. The molecule has 5 heteroatoms. The van der Waals surface area contributed by atoms with Crippen LogP contribution in [0.15, 0.2) is 67.0 Å². The largest absolute Gasteiger partial charge is 0.347 e. The summed E-state index contributed by atoms with van der Waals surface area (Å²) in [6, 6.07) is 17.6. The van der Waals surface area contributed by atoms with E-state index in [1.807, 2.05) is 68.7 Å². The average molecular weight is 318 g/mol. The Morgan fingerprint density at radius 1 is 0.875 bits per heavy atom. The van der Waals surface area contributed by atoms with Crippen molar-refractivity contribution in [2.75, 3.05) is 24.3 Å². The Hall–Kier alpha value is -3.21. The number of carbonyl (C=O) groups is 1. The summed E-state index contributed by atoms with van der Waals surface area (Å²) in [5.41, 5.74) is 3.35. The van der Waals surface area contributed by atoms with E-state index in [9.17, 15) is 4.79 Å². The van der Waals surface area contributed by atoms with Gasteiger partial charge in [-0.2, -0.15) is 0 Å². The predicted octanol–water partition coefficient (Wildman–Crippen LogP) is 3.46. The van der Waals surface area contributed by atoms with Crippen molar-refractivity contribution in [2.45, 2.75) is 0 Å². The Balaban J connectivity index is 1.71. The van der Waals surface area contributed by atoms with Gasteiger partial charge < -0.3 is 10.2 Å². The summed E-state index contributed by atoms with van der Waals surface area (Å²) < 4.78 is 0. The normalized spacial score (nSPS) is 10.2. The standard InChI is InChI=1S/C19H18N4O/c1-23(2)19-20-12-17(13-21-19)22-18(24)16-10-8-15(9-11-16)14-6-4-3-5-7-14/h3-13H,1-2H3,(H,22,24). The van der Waals surface area contributed by atoms with E-state index in [1.165, 1.54) is 0 Å². The van der Waals surface area contributed by atoms with Gasteiger partial charge in [0.1, 0.15) is 0 Å². The van der Waals surface area contributed by atoms with Crippen LogP contribution in [0.4, 0.5) is 11.6 Å². The SMILES string of the molecule is CN(C)c1ncc(NC(=O)c2ccc(-c3ccccc3)cc2)cn1. The number of rotatable bonds is 4. The Labute approximate surface area is 141 Å². The second kappa shape index (κ2) is 6.91. The minimum absolute atomic E-state index is 0.184. The van der Waals surface area contributed by atoms with Crippen LogP contribution in [0.3, 0.4) is 0 Å². The summed E-state index contributed by atoms with van der Waals surface area (Å²) in [7, 11) is 3.73. The maximum absolute atomic E-state index is 12.3. The van der Waals surface area contributed by atoms with Crippen molar-refractivity contribution in [2.24, 2.45) is 0 Å². The molecule has 0 radical (unpaired) electrons. The first-order valence-corrected chi connectivity index (χ1v) is 7.60. The van der Waals surface area contributed by atoms with Gasteiger partial charge in [-0.05, 0) is 23.3 Å². The number of nitrogens with zero attached hydrogens (tertiary/aromatic N) is 3. The van der Waals surface area contributed by atoms with Gasteiger partial charge in [0.05, 0.1) is 18.1 Å². The maximum Gasteiger partial charge on any atom is 0.255 e. The maximum atomic E-state index is 12.3. The van der Waals surface area contributed by atoms with Gasteiger partial charge in [-0.25, -0.2) is 9.97 Å². The number of nitrogens with one attached hydrogen (secondary N) is 1. The molecule has 0 aliphatic heterocycles. The Bertz CT molecular complexity index is 812. The number of amides is 1. The number of carbonyl (C=O) groups excluding carboxylic acids is 1. The lowest BCUT2D eigenvalue weighted by Crippen LogP contribution is -2.15. The molecule has 0 saturated carbocycles. The topological polar surface area (TPSA) is 58.1 Å². The van der Waals surface area contributed by atoms with Crippen LogP contribution in [0.2, 0.25) is 0 Å². The van der Waals surface area contributed by atoms with E-state index in [2.05, 4.69) is 15.3 Å². The molecule has 24 heavy (non-hydrogen) atoms. The van der Waals surface area contributed by atoms with Crippen molar-refractivity contribution in [1.29, 1.82) is 0 Å². The van der Waals surface area contributed by atoms with Crippen molar-refractivity contribution < 1.29 is 4.79 Å². The summed E-state index contributed by atoms with van der Waals surface area (Å²) in [4.78, 5) is 22.5. The van der Waals surface area contributed by atoms with E-state index in [-0.39, 0.29) is 5.91 Å². The molecule has 1 amide bonds. The first kappa shape index (κ1) is 15.7. The fourth-order valence-electron chi connectivity index (χ4n) is 2.26. The van der Waals surface area contributed by atoms with E-state index in [1.54, 1.807) is 17.3 Å². The zero-order valence-corrected chi connectivity index (χ0v) is 13.6. The third-order valence-corrected chi connectivity index (χ3v) is 3.55. The summed E-state index contributed by atoms with van der Waals surface area (Å²) in [5, 5.41) is 2.80. The van der Waals surface area contributed by atoms with Crippen LogP contribution < -0.4 is 10.2 Å². The smallest absolute Gasteiger partial charge is 0.255 e. The van der Waals surface area contributed by atoms with Gasteiger partial charge in [-0.15, -0.1) is 0 Å². The third kappa shape index (κ3) is 3.57. The molecule has 0 fully saturated rings. The molecule has 3 aromatic rings. The van der Waals surface area contributed by atoms with Crippen LogP contribution in [0.5, 0.6) is 0 Å². The highest BCUT2D eigenvalue weighted by molar-refractivity contribution is 6.04. The van der Waals surface area contributed by atoms with E-state index in [0.717, 1.165) is 11.1 Å². The van der Waals surface area contributed by atoms with Crippen LogP contribution in [0, 0.1) is 0 Å². The first-order chi connectivity index (χ1) is 11.6. The molecule has 0 bridgehead atoms. The highest BCUT2D eigenvalue weighted by atomic mass is 16.1. The summed E-state index contributed by atoms with van der Waals surface area (Å²) in [5.74, 6) is 0.413. The van der Waals surface area contributed by atoms with E-state index in [0.29, 0.717) is 17.2 Å². The molecule has 0 aliphatic rings. The second-order valence-corrected chi connectivity index (χ2v) is 5.56. The minimum Gasteiger partial charge on any atom is -0.347 e. The van der Waals surface area contributed by atoms with Crippen LogP contribution >= 0.6 is 0 Å². The van der Waals surface area contributed by atoms with Crippen LogP contribution in [0.1, 0.15) is 10.4 Å². The highest BCUT2D eigenvalue weighted by Crippen LogP contribution is 2.19. The van der Waals surface area contributed by atoms with Crippen LogP contribution in [0.25, 0.3) is 11.1 Å². The van der Waals surface area contributed by atoms with Crippen LogP contribution in [-0.4, -0.2) is 30.0 Å². The lowest BCUT2D eigenvalue weighted by atomic mass is 10.0. The predicted molar refractivity (Wildman–Crippen MR) is 96.2 cm³/mol. The van der Waals surface area contributed by atoms with E-state index >= 15 is 0 Å². The monoisotopic (exact) mass is 318 g/mol. The second-order valence-electron chi connectivity index (χ2n) is 5.56. The summed E-state index contributed by atoms with van der Waals surface area (Å²) in [6.07, 6.45) is 3.19. The molecule has 0 aliphatic carbocycles. The van der Waals surface area contributed by atoms with Gasteiger partial charge in [-0.3, -0.25) is 4.79 Å². The minimum atomic E-state index is -0.184. The van der Waals surface area contributed by atoms with Crippen molar-refractivity contribution in [3.63, 3.8) is 0 Å². The van der Waals surface area contributed by atoms with Crippen molar-refractivity contribution in [3.8, 4) is 11.1 Å². The molecule has 0 spiro atoms. The van der Waals surface area contributed by atoms with Gasteiger partial charge in [0.2, 0.25) is 5.95 Å². The molecule has 1 heterocycles. The molecular formula is C19H18N4O. The Morgan fingerprint density at radius 3 is 2.04 bits per heavy atom. The zero-order valence-electron chi connectivity index (χ0n) is 13.6. The molecule has 5 nitrogen and oxygen atoms in total. The van der Waals surface area contributed by atoms with Gasteiger partial charge in [0, 0.05) is 19.7 Å². The number of hydrogen-bond donors (Lipinski definition) is 1. The molecular weight excluding hydrogens is 300 g/mol. The number of aromatic nitrogens is 2. The first-order valence-electron chi connectivity index (χ1n) is 7.60. The molecule has 0 atom stereocenters. The van der Waals surface area contributed by atoms with Gasteiger partial charge in [0.25, 0.3) is 5.91 Å². The van der Waals surface area contributed by atoms with Crippen LogP contribution in [-0.2, 0) is 0 Å². The fraction of sp³-hybridized carbons (Fsp3) is 0.105. The van der Waals surface area contributed by atoms with Crippen molar-refractivity contribution in [3.05, 3.63) is 72.6 Å². The molecule has 1 aromatic heterocycles. The van der Waals surface area contributed by atoms with Crippen molar-refractivity contribution >= 4 is 17.5 Å². The van der Waals surface area contributed by atoms with Crippen molar-refractivity contribution in [1.82, 2.24) is 9.97 Å². The highest BCUT2D eigenvalue weighted by Gasteiger charge is 2.08. The number of benzene rings is 2. The molecule has 0 unspecified atom stereocenters. The number of anilines is 2. The number of hydrogen-bond acceptors (Lipinski definition) is 4. The molecule has 120 valence electrons. The molecule has 1 N–H and O–H groups in total. The molecule has 3 rings (SSSR count). The fourth-order valence-corrected chi connectivity index (χ4v) is 2.26. The van der Waals surface area contributed by atoms with Gasteiger partial charge in [0.15, 0.2) is 0 Å². The quantitative estimate of drug-likeness (QED) is 0.800. The van der Waals surface area contributed by atoms with E-state index < -0.39 is 0 Å². The Kier molecular flexibility index (Phi) is 4.52. The molecule has 2 aromatic carbocycles. The van der Waals surface area contributed by atoms with Gasteiger partial charge >= 0.3 is 0 Å². The average Bonchev–Trinajstić information content (AvgIpc) is 2.63. The third-order valence-electron chi connectivity index (χ3n) is 3.55.